The standard InChI is InChI=1S/C22H24F2N4O2/c1-2-18(19-27-21(30-28-19)16-11-7-4-8-12-16)26-20(29)17(25)14-22(23,24)13-15-9-5-3-6-10-15/h3-12,17-18H,2,13-14,25H2,1H3,(H,26,29)/t17-,18-/m0/s1. The van der Waals surface area contributed by atoms with E-state index in [0.717, 1.165) is 5.56 Å². The van der Waals surface area contributed by atoms with E-state index < -0.39 is 36.8 Å². The summed E-state index contributed by atoms with van der Waals surface area (Å²) in [5.74, 6) is -3.20. The van der Waals surface area contributed by atoms with Crippen LogP contribution in [-0.4, -0.2) is 28.0 Å². The van der Waals surface area contributed by atoms with Crippen molar-refractivity contribution < 1.29 is 18.1 Å². The van der Waals surface area contributed by atoms with Crippen molar-refractivity contribution in [2.24, 2.45) is 5.73 Å². The first-order valence-corrected chi connectivity index (χ1v) is 9.74. The van der Waals surface area contributed by atoms with E-state index in [9.17, 15) is 13.6 Å². The van der Waals surface area contributed by atoms with E-state index in [0.29, 0.717) is 17.9 Å². The number of nitrogens with zero attached hydrogens (tertiary/aromatic N) is 2. The van der Waals surface area contributed by atoms with Crippen LogP contribution in [0.25, 0.3) is 11.5 Å². The van der Waals surface area contributed by atoms with E-state index in [1.807, 2.05) is 37.3 Å². The van der Waals surface area contributed by atoms with E-state index in [4.69, 9.17) is 10.3 Å². The number of rotatable bonds is 9. The molecular weight excluding hydrogens is 390 g/mol. The molecular formula is C22H24F2N4O2. The van der Waals surface area contributed by atoms with Crippen LogP contribution in [0.3, 0.4) is 0 Å². The Labute approximate surface area is 173 Å². The van der Waals surface area contributed by atoms with E-state index >= 15 is 0 Å². The molecule has 0 aliphatic rings. The molecule has 1 amide bonds. The number of carbonyl (C=O) groups is 1. The van der Waals surface area contributed by atoms with Gasteiger partial charge in [0.25, 0.3) is 11.8 Å². The zero-order valence-corrected chi connectivity index (χ0v) is 16.6. The minimum absolute atomic E-state index is 0.271. The number of hydrogen-bond donors (Lipinski definition) is 2. The van der Waals surface area contributed by atoms with Crippen molar-refractivity contribution in [3.05, 3.63) is 72.1 Å². The Balaban J connectivity index is 1.61. The Morgan fingerprint density at radius 1 is 1.13 bits per heavy atom. The molecule has 2 aromatic carbocycles. The highest BCUT2D eigenvalue weighted by Gasteiger charge is 2.35. The van der Waals surface area contributed by atoms with Gasteiger partial charge < -0.3 is 15.6 Å². The number of amides is 1. The molecule has 0 saturated heterocycles. The number of alkyl halides is 2. The number of nitrogens with two attached hydrogens (primary N) is 1. The Hall–Kier alpha value is -3.13. The Kier molecular flexibility index (Phi) is 6.89. The molecule has 1 heterocycles. The van der Waals surface area contributed by atoms with Gasteiger partial charge in [-0.1, -0.05) is 60.6 Å². The number of nitrogens with one attached hydrogen (secondary N) is 1. The lowest BCUT2D eigenvalue weighted by atomic mass is 10.0. The summed E-state index contributed by atoms with van der Waals surface area (Å²) in [4.78, 5) is 16.7. The fourth-order valence-corrected chi connectivity index (χ4v) is 3.08. The second kappa shape index (κ2) is 9.58. The summed E-state index contributed by atoms with van der Waals surface area (Å²) >= 11 is 0. The van der Waals surface area contributed by atoms with Crippen molar-refractivity contribution in [2.75, 3.05) is 0 Å². The molecule has 3 N–H and O–H groups in total. The van der Waals surface area contributed by atoms with Crippen LogP contribution in [0.5, 0.6) is 0 Å². The predicted molar refractivity (Wildman–Crippen MR) is 109 cm³/mol. The first-order valence-electron chi connectivity index (χ1n) is 9.74. The van der Waals surface area contributed by atoms with E-state index in [1.54, 1.807) is 30.3 Å². The van der Waals surface area contributed by atoms with Crippen LogP contribution in [0, 0.1) is 0 Å². The van der Waals surface area contributed by atoms with Gasteiger partial charge in [0, 0.05) is 18.4 Å². The lowest BCUT2D eigenvalue weighted by molar-refractivity contribution is -0.125. The molecule has 0 bridgehead atoms. The molecule has 0 aliphatic carbocycles. The van der Waals surface area contributed by atoms with Crippen LogP contribution in [-0.2, 0) is 11.2 Å². The van der Waals surface area contributed by atoms with Crippen molar-refractivity contribution in [1.29, 1.82) is 0 Å². The average Bonchev–Trinajstić information content (AvgIpc) is 3.22. The summed E-state index contributed by atoms with van der Waals surface area (Å²) in [6.45, 7) is 1.82. The zero-order chi connectivity index (χ0) is 21.6. The van der Waals surface area contributed by atoms with Crippen LogP contribution < -0.4 is 11.1 Å². The minimum Gasteiger partial charge on any atom is -0.345 e. The molecule has 0 radical (unpaired) electrons. The van der Waals surface area contributed by atoms with Gasteiger partial charge in [0.15, 0.2) is 5.82 Å². The average molecular weight is 414 g/mol. The number of benzene rings is 2. The lowest BCUT2D eigenvalue weighted by Gasteiger charge is -2.22. The molecule has 0 aliphatic heterocycles. The zero-order valence-electron chi connectivity index (χ0n) is 16.6. The Morgan fingerprint density at radius 2 is 1.77 bits per heavy atom. The summed E-state index contributed by atoms with van der Waals surface area (Å²) in [5.41, 5.74) is 7.01. The van der Waals surface area contributed by atoms with Crippen LogP contribution in [0.1, 0.15) is 37.2 Å². The summed E-state index contributed by atoms with van der Waals surface area (Å²) < 4.78 is 34.0. The molecule has 2 atom stereocenters. The van der Waals surface area contributed by atoms with Gasteiger partial charge in [0.05, 0.1) is 12.1 Å². The first kappa shape index (κ1) is 21.6. The van der Waals surface area contributed by atoms with Gasteiger partial charge in [-0.3, -0.25) is 4.79 Å². The molecule has 0 spiro atoms. The third-order valence-corrected chi connectivity index (χ3v) is 4.66. The summed E-state index contributed by atoms with van der Waals surface area (Å²) in [7, 11) is 0. The van der Waals surface area contributed by atoms with Gasteiger partial charge in [-0.2, -0.15) is 4.98 Å². The van der Waals surface area contributed by atoms with Crippen LogP contribution >= 0.6 is 0 Å². The summed E-state index contributed by atoms with van der Waals surface area (Å²) in [6.07, 6.45) is -0.782. The Bertz CT molecular complexity index is 948. The predicted octanol–water partition coefficient (Wildman–Crippen LogP) is 3.90. The first-order chi connectivity index (χ1) is 14.4. The largest absolute Gasteiger partial charge is 0.345 e. The monoisotopic (exact) mass is 414 g/mol. The van der Waals surface area contributed by atoms with Crippen LogP contribution in [0.15, 0.2) is 65.2 Å². The molecule has 0 unspecified atom stereocenters. The second-order valence-electron chi connectivity index (χ2n) is 7.12. The molecule has 0 fully saturated rings. The van der Waals surface area contributed by atoms with Gasteiger partial charge in [0.2, 0.25) is 5.91 Å². The maximum absolute atomic E-state index is 14.4. The normalized spacial score (nSPS) is 13.6. The van der Waals surface area contributed by atoms with Crippen molar-refractivity contribution in [1.82, 2.24) is 15.5 Å². The highest BCUT2D eigenvalue weighted by Crippen LogP contribution is 2.26. The molecule has 1 aromatic heterocycles. The summed E-state index contributed by atoms with van der Waals surface area (Å²) in [6, 6.07) is 15.6. The highest BCUT2D eigenvalue weighted by molar-refractivity contribution is 5.81. The Morgan fingerprint density at radius 3 is 2.40 bits per heavy atom. The molecule has 3 aromatic rings. The molecule has 8 heteroatoms. The fourth-order valence-electron chi connectivity index (χ4n) is 3.08. The van der Waals surface area contributed by atoms with E-state index in [1.165, 1.54) is 0 Å². The lowest BCUT2D eigenvalue weighted by Crippen LogP contribution is -2.45. The summed E-state index contributed by atoms with van der Waals surface area (Å²) in [5, 5.41) is 6.57. The number of hydrogen-bond acceptors (Lipinski definition) is 5. The van der Waals surface area contributed by atoms with Crippen molar-refractivity contribution in [2.45, 2.75) is 44.2 Å². The SMILES string of the molecule is CC[C@H](NC(=O)[C@@H](N)CC(F)(F)Cc1ccccc1)c1noc(-c2ccccc2)n1. The van der Waals surface area contributed by atoms with Crippen LogP contribution in [0.2, 0.25) is 0 Å². The quantitative estimate of drug-likeness (QED) is 0.554. The third-order valence-electron chi connectivity index (χ3n) is 4.66. The smallest absolute Gasteiger partial charge is 0.257 e. The maximum Gasteiger partial charge on any atom is 0.257 e. The van der Waals surface area contributed by atoms with E-state index in [-0.39, 0.29) is 5.82 Å². The van der Waals surface area contributed by atoms with Crippen molar-refractivity contribution in [3.63, 3.8) is 0 Å². The highest BCUT2D eigenvalue weighted by atomic mass is 19.3. The van der Waals surface area contributed by atoms with Gasteiger partial charge in [-0.25, -0.2) is 8.78 Å². The van der Waals surface area contributed by atoms with Gasteiger partial charge in [-0.05, 0) is 24.1 Å². The van der Waals surface area contributed by atoms with Gasteiger partial charge in [0.1, 0.15) is 0 Å². The number of carbonyl (C=O) groups excluding carboxylic acids is 1. The van der Waals surface area contributed by atoms with Gasteiger partial charge >= 0.3 is 0 Å². The molecule has 30 heavy (non-hydrogen) atoms. The molecule has 3 rings (SSSR count). The molecule has 6 nitrogen and oxygen atoms in total. The molecule has 158 valence electrons. The van der Waals surface area contributed by atoms with Crippen molar-refractivity contribution in [3.8, 4) is 11.5 Å². The van der Waals surface area contributed by atoms with Gasteiger partial charge in [-0.15, -0.1) is 0 Å². The minimum atomic E-state index is -3.10. The van der Waals surface area contributed by atoms with E-state index in [2.05, 4.69) is 15.5 Å². The number of aromatic nitrogens is 2. The maximum atomic E-state index is 14.4. The third kappa shape index (κ3) is 5.70. The molecule has 0 saturated carbocycles. The van der Waals surface area contributed by atoms with Crippen LogP contribution in [0.4, 0.5) is 8.78 Å². The topological polar surface area (TPSA) is 94.0 Å². The fraction of sp³-hybridized carbons (Fsp3) is 0.318. The number of halogens is 2. The second-order valence-corrected chi connectivity index (χ2v) is 7.12. The van der Waals surface area contributed by atoms with Crippen molar-refractivity contribution >= 4 is 5.91 Å².